The van der Waals surface area contributed by atoms with Gasteiger partial charge in [-0.15, -0.1) is 0 Å². The second-order valence-corrected chi connectivity index (χ2v) is 7.19. The molecule has 1 aromatic rings. The van der Waals surface area contributed by atoms with Gasteiger partial charge in [0.05, 0.1) is 17.8 Å². The number of fused-ring (bicyclic) bond motifs is 1. The van der Waals surface area contributed by atoms with Crippen molar-refractivity contribution in [3.63, 3.8) is 0 Å². The molecular formula is C18H30N4O2. The number of aromatic nitrogens is 2. The van der Waals surface area contributed by atoms with E-state index >= 15 is 0 Å². The number of hydrogen-bond acceptors (Lipinski definition) is 3. The van der Waals surface area contributed by atoms with Crippen molar-refractivity contribution >= 4 is 6.03 Å². The van der Waals surface area contributed by atoms with Gasteiger partial charge in [-0.3, -0.25) is 4.68 Å². The van der Waals surface area contributed by atoms with Gasteiger partial charge in [-0.2, -0.15) is 5.10 Å². The number of nitrogens with one attached hydrogen (secondary N) is 2. The van der Waals surface area contributed by atoms with Crippen molar-refractivity contribution < 1.29 is 9.53 Å². The van der Waals surface area contributed by atoms with Crippen LogP contribution >= 0.6 is 0 Å². The highest BCUT2D eigenvalue weighted by Crippen LogP contribution is 2.34. The smallest absolute Gasteiger partial charge is 0.315 e. The Morgan fingerprint density at radius 2 is 2.17 bits per heavy atom. The standard InChI is InChI=1S/C18H30N4O2/c1-5-14(17-11(2)21-22(4)12(17)3)19-18(23)20-15-7-6-8-16-13(15)9-10-24-16/h13-16H,5-10H2,1-4H3,(H2,19,20,23)/t13-,14-,15+,16-/m0/s1. The minimum Gasteiger partial charge on any atom is -0.378 e. The first-order chi connectivity index (χ1) is 11.5. The van der Waals surface area contributed by atoms with Crippen LogP contribution in [-0.2, 0) is 11.8 Å². The third kappa shape index (κ3) is 3.29. The van der Waals surface area contributed by atoms with Gasteiger partial charge in [0.15, 0.2) is 0 Å². The molecule has 0 aromatic carbocycles. The first-order valence-electron chi connectivity index (χ1n) is 9.20. The van der Waals surface area contributed by atoms with Crippen LogP contribution in [0.1, 0.15) is 62.0 Å². The molecule has 134 valence electrons. The Kier molecular flexibility index (Phi) is 5.13. The van der Waals surface area contributed by atoms with Crippen LogP contribution in [-0.4, -0.2) is 34.6 Å². The van der Waals surface area contributed by atoms with E-state index in [1.165, 1.54) is 0 Å². The molecule has 2 aliphatic rings. The molecule has 6 heteroatoms. The van der Waals surface area contributed by atoms with E-state index < -0.39 is 0 Å². The Balaban J connectivity index is 1.64. The van der Waals surface area contributed by atoms with Crippen molar-refractivity contribution in [2.75, 3.05) is 6.61 Å². The summed E-state index contributed by atoms with van der Waals surface area (Å²) >= 11 is 0. The van der Waals surface area contributed by atoms with Gasteiger partial charge >= 0.3 is 6.03 Å². The lowest BCUT2D eigenvalue weighted by molar-refractivity contribution is 0.0548. The minimum absolute atomic E-state index is 0.00193. The highest BCUT2D eigenvalue weighted by Gasteiger charge is 2.38. The Morgan fingerprint density at radius 1 is 1.38 bits per heavy atom. The van der Waals surface area contributed by atoms with Gasteiger partial charge < -0.3 is 15.4 Å². The average molecular weight is 334 g/mol. The maximum absolute atomic E-state index is 12.6. The van der Waals surface area contributed by atoms with E-state index in [1.54, 1.807) is 0 Å². The second-order valence-electron chi connectivity index (χ2n) is 7.19. The number of urea groups is 1. The molecule has 0 bridgehead atoms. The summed E-state index contributed by atoms with van der Waals surface area (Å²) in [5.41, 5.74) is 3.24. The van der Waals surface area contributed by atoms with Crippen molar-refractivity contribution in [3.8, 4) is 0 Å². The number of amides is 2. The monoisotopic (exact) mass is 334 g/mol. The van der Waals surface area contributed by atoms with Crippen molar-refractivity contribution in [3.05, 3.63) is 17.0 Å². The lowest BCUT2D eigenvalue weighted by atomic mass is 9.82. The molecule has 0 spiro atoms. The predicted molar refractivity (Wildman–Crippen MR) is 92.9 cm³/mol. The normalized spacial score (nSPS) is 27.6. The van der Waals surface area contributed by atoms with Gasteiger partial charge in [0, 0.05) is 36.9 Å². The maximum Gasteiger partial charge on any atom is 0.315 e. The molecule has 6 nitrogen and oxygen atoms in total. The summed E-state index contributed by atoms with van der Waals surface area (Å²) in [6, 6.07) is 0.166. The summed E-state index contributed by atoms with van der Waals surface area (Å²) in [6.07, 6.45) is 5.57. The zero-order valence-corrected chi connectivity index (χ0v) is 15.3. The topological polar surface area (TPSA) is 68.2 Å². The number of hydrogen-bond donors (Lipinski definition) is 2. The fourth-order valence-corrected chi connectivity index (χ4v) is 4.40. The van der Waals surface area contributed by atoms with E-state index in [9.17, 15) is 4.79 Å². The third-order valence-electron chi connectivity index (χ3n) is 5.72. The Labute approximate surface area is 144 Å². The summed E-state index contributed by atoms with van der Waals surface area (Å²) in [4.78, 5) is 12.6. The molecular weight excluding hydrogens is 304 g/mol. The van der Waals surface area contributed by atoms with E-state index in [0.717, 1.165) is 55.7 Å². The molecule has 2 amide bonds. The Morgan fingerprint density at radius 3 is 2.83 bits per heavy atom. The molecule has 0 unspecified atom stereocenters. The van der Waals surface area contributed by atoms with Crippen LogP contribution < -0.4 is 10.6 Å². The van der Waals surface area contributed by atoms with Gasteiger partial charge in [-0.05, 0) is 46.0 Å². The molecule has 2 fully saturated rings. The molecule has 1 aliphatic heterocycles. The molecule has 2 N–H and O–H groups in total. The maximum atomic E-state index is 12.6. The number of rotatable bonds is 4. The summed E-state index contributed by atoms with van der Waals surface area (Å²) in [5.74, 6) is 0.478. The van der Waals surface area contributed by atoms with Crippen LogP contribution in [0.5, 0.6) is 0 Å². The molecule has 1 saturated heterocycles. The lowest BCUT2D eigenvalue weighted by Gasteiger charge is -2.33. The van der Waals surface area contributed by atoms with Gasteiger partial charge in [-0.25, -0.2) is 4.79 Å². The van der Waals surface area contributed by atoms with Crippen molar-refractivity contribution in [2.45, 2.75) is 71.1 Å². The predicted octanol–water partition coefficient (Wildman–Crippen LogP) is 2.74. The van der Waals surface area contributed by atoms with Crippen LogP contribution in [0.2, 0.25) is 0 Å². The van der Waals surface area contributed by atoms with E-state index in [4.69, 9.17) is 4.74 Å². The van der Waals surface area contributed by atoms with Gasteiger partial charge in [0.2, 0.25) is 0 Å². The molecule has 1 aliphatic carbocycles. The first kappa shape index (κ1) is 17.3. The number of carbonyl (C=O) groups is 1. The van der Waals surface area contributed by atoms with Crippen molar-refractivity contribution in [2.24, 2.45) is 13.0 Å². The van der Waals surface area contributed by atoms with Crippen LogP contribution in [0.3, 0.4) is 0 Å². The molecule has 3 rings (SSSR count). The van der Waals surface area contributed by atoms with Crippen LogP contribution in [0, 0.1) is 19.8 Å². The zero-order valence-electron chi connectivity index (χ0n) is 15.3. The van der Waals surface area contributed by atoms with Gasteiger partial charge in [-0.1, -0.05) is 6.92 Å². The Hall–Kier alpha value is -1.56. The number of aryl methyl sites for hydroxylation is 2. The summed E-state index contributed by atoms with van der Waals surface area (Å²) in [6.45, 7) is 6.99. The largest absolute Gasteiger partial charge is 0.378 e. The van der Waals surface area contributed by atoms with Gasteiger partial charge in [0.1, 0.15) is 0 Å². The SMILES string of the molecule is CC[C@H](NC(=O)N[C@@H]1CCC[C@@H]2OCC[C@H]21)c1c(C)nn(C)c1C. The van der Waals surface area contributed by atoms with E-state index in [2.05, 4.69) is 29.6 Å². The van der Waals surface area contributed by atoms with Crippen LogP contribution in [0.4, 0.5) is 4.79 Å². The fraction of sp³-hybridized carbons (Fsp3) is 0.778. The summed E-state index contributed by atoms with van der Waals surface area (Å²) < 4.78 is 7.68. The average Bonchev–Trinajstić information content (AvgIpc) is 3.12. The molecule has 24 heavy (non-hydrogen) atoms. The van der Waals surface area contributed by atoms with Crippen molar-refractivity contribution in [1.82, 2.24) is 20.4 Å². The second kappa shape index (κ2) is 7.13. The lowest BCUT2D eigenvalue weighted by Crippen LogP contribution is -2.49. The quantitative estimate of drug-likeness (QED) is 0.889. The van der Waals surface area contributed by atoms with E-state index in [-0.39, 0.29) is 18.1 Å². The third-order valence-corrected chi connectivity index (χ3v) is 5.72. The van der Waals surface area contributed by atoms with E-state index in [0.29, 0.717) is 12.0 Å². The van der Waals surface area contributed by atoms with Crippen LogP contribution in [0.25, 0.3) is 0 Å². The first-order valence-corrected chi connectivity index (χ1v) is 9.20. The van der Waals surface area contributed by atoms with Crippen LogP contribution in [0.15, 0.2) is 0 Å². The summed E-state index contributed by atoms with van der Waals surface area (Å²) in [5, 5.41) is 10.8. The highest BCUT2D eigenvalue weighted by atomic mass is 16.5. The fourth-order valence-electron chi connectivity index (χ4n) is 4.40. The number of carbonyl (C=O) groups excluding carboxylic acids is 1. The number of ether oxygens (including phenoxy) is 1. The summed E-state index contributed by atoms with van der Waals surface area (Å²) in [7, 11) is 1.95. The number of nitrogens with zero attached hydrogens (tertiary/aromatic N) is 2. The van der Waals surface area contributed by atoms with Gasteiger partial charge in [0.25, 0.3) is 0 Å². The Bertz CT molecular complexity index is 598. The minimum atomic E-state index is -0.0675. The van der Waals surface area contributed by atoms with E-state index in [1.807, 2.05) is 18.7 Å². The molecule has 0 radical (unpaired) electrons. The molecule has 2 heterocycles. The van der Waals surface area contributed by atoms with Crippen molar-refractivity contribution in [1.29, 1.82) is 0 Å². The zero-order chi connectivity index (χ0) is 17.3. The molecule has 1 saturated carbocycles. The molecule has 4 atom stereocenters. The molecule has 1 aromatic heterocycles. The highest BCUT2D eigenvalue weighted by molar-refractivity contribution is 5.75.